The van der Waals surface area contributed by atoms with E-state index in [1.165, 1.54) is 17.6 Å². The monoisotopic (exact) mass is 481 g/mol. The Bertz CT molecular complexity index is 751. The highest BCUT2D eigenvalue weighted by atomic mass is 16.7. The van der Waals surface area contributed by atoms with Crippen molar-refractivity contribution in [2.24, 2.45) is 11.8 Å². The van der Waals surface area contributed by atoms with Crippen LogP contribution in [0.15, 0.2) is 11.6 Å². The Morgan fingerprint density at radius 1 is 1.26 bits per heavy atom. The number of piperidine rings is 1. The molecule has 0 aromatic carbocycles. The molecule has 2 aliphatic heterocycles. The van der Waals surface area contributed by atoms with Crippen molar-refractivity contribution in [3.63, 3.8) is 0 Å². The standard InChI is InChI=1S/C26H43NO7/c1-7-17(2)15-18(3)11-10-13-21-22(32-5)16-19(4)26(31,34-21)23(28)24(29)27-14-9-8-12-20(27)25(30)33-6/h7,18-22,31H,8-16H2,1-6H3/b17-7+/t18-,19-,20+,21-,22+,26-/m1/s1. The smallest absolute Gasteiger partial charge is 0.328 e. The lowest BCUT2D eigenvalue weighted by atomic mass is 9.83. The van der Waals surface area contributed by atoms with Gasteiger partial charge < -0.3 is 24.2 Å². The van der Waals surface area contributed by atoms with E-state index in [1.54, 1.807) is 14.0 Å². The number of nitrogens with zero attached hydrogens (tertiary/aromatic N) is 1. The maximum atomic E-state index is 13.3. The Morgan fingerprint density at radius 2 is 1.97 bits per heavy atom. The lowest BCUT2D eigenvalue weighted by molar-refractivity contribution is -0.287. The van der Waals surface area contributed by atoms with Gasteiger partial charge in [0, 0.05) is 19.6 Å². The van der Waals surface area contributed by atoms with Crippen LogP contribution in [-0.2, 0) is 28.6 Å². The van der Waals surface area contributed by atoms with Gasteiger partial charge in [0.15, 0.2) is 0 Å². The van der Waals surface area contributed by atoms with Crippen molar-refractivity contribution in [3.05, 3.63) is 11.6 Å². The fourth-order valence-electron chi connectivity index (χ4n) is 5.13. The number of hydrogen-bond acceptors (Lipinski definition) is 7. The van der Waals surface area contributed by atoms with Crippen molar-refractivity contribution in [1.29, 1.82) is 0 Å². The molecule has 8 heteroatoms. The molecular formula is C26H43NO7. The van der Waals surface area contributed by atoms with Crippen LogP contribution in [0.5, 0.6) is 0 Å². The number of Topliss-reactive ketones (excluding diaryl/α,β-unsaturated/α-hetero) is 1. The van der Waals surface area contributed by atoms with E-state index in [9.17, 15) is 19.5 Å². The Kier molecular flexibility index (Phi) is 10.7. The van der Waals surface area contributed by atoms with Gasteiger partial charge in [0.25, 0.3) is 11.7 Å². The molecule has 8 nitrogen and oxygen atoms in total. The van der Waals surface area contributed by atoms with E-state index in [2.05, 4.69) is 19.9 Å². The quantitative estimate of drug-likeness (QED) is 0.290. The van der Waals surface area contributed by atoms with Gasteiger partial charge in [-0.3, -0.25) is 9.59 Å². The molecule has 0 spiro atoms. The van der Waals surface area contributed by atoms with Crippen molar-refractivity contribution in [2.45, 2.75) is 103 Å². The fraction of sp³-hybridized carbons (Fsp3) is 0.808. The summed E-state index contributed by atoms with van der Waals surface area (Å²) in [5.74, 6) is -4.84. The first-order chi connectivity index (χ1) is 16.1. The molecule has 0 aliphatic carbocycles. The molecule has 0 saturated carbocycles. The maximum absolute atomic E-state index is 13.3. The number of aliphatic hydroxyl groups is 1. The summed E-state index contributed by atoms with van der Waals surface area (Å²) in [6, 6.07) is -0.817. The zero-order valence-corrected chi connectivity index (χ0v) is 21.7. The first-order valence-electron chi connectivity index (χ1n) is 12.6. The lowest BCUT2D eigenvalue weighted by Gasteiger charge is -2.45. The van der Waals surface area contributed by atoms with Gasteiger partial charge in [-0.1, -0.05) is 38.3 Å². The summed E-state index contributed by atoms with van der Waals surface area (Å²) >= 11 is 0. The summed E-state index contributed by atoms with van der Waals surface area (Å²) in [7, 11) is 2.86. The molecule has 2 saturated heterocycles. The van der Waals surface area contributed by atoms with Crippen molar-refractivity contribution in [2.75, 3.05) is 20.8 Å². The average molecular weight is 482 g/mol. The van der Waals surface area contributed by atoms with Crippen LogP contribution < -0.4 is 0 Å². The van der Waals surface area contributed by atoms with E-state index in [0.29, 0.717) is 31.6 Å². The van der Waals surface area contributed by atoms with Crippen LogP contribution >= 0.6 is 0 Å². The van der Waals surface area contributed by atoms with Crippen LogP contribution in [0.3, 0.4) is 0 Å². The van der Waals surface area contributed by atoms with Crippen LogP contribution in [0, 0.1) is 11.8 Å². The fourth-order valence-corrected chi connectivity index (χ4v) is 5.13. The molecule has 0 bridgehead atoms. The Labute approximate surface area is 204 Å². The SMILES string of the molecule is C/C=C(\C)C[C@H](C)CCC[C@H]1O[C@@](O)(C(=O)C(=O)N2CCCC[C@H]2C(=O)OC)[C@H](C)C[C@@H]1OC. The van der Waals surface area contributed by atoms with Gasteiger partial charge in [0.1, 0.15) is 6.04 Å². The Hall–Kier alpha value is -1.77. The second kappa shape index (κ2) is 12.8. The first-order valence-corrected chi connectivity index (χ1v) is 12.6. The molecule has 0 radical (unpaired) electrons. The number of carbonyl (C=O) groups is 3. The van der Waals surface area contributed by atoms with E-state index < -0.39 is 41.5 Å². The van der Waals surface area contributed by atoms with Gasteiger partial charge in [-0.25, -0.2) is 4.79 Å². The van der Waals surface area contributed by atoms with Gasteiger partial charge in [-0.15, -0.1) is 0 Å². The van der Waals surface area contributed by atoms with Crippen LogP contribution in [-0.4, -0.2) is 72.5 Å². The molecule has 2 fully saturated rings. The van der Waals surface area contributed by atoms with Crippen molar-refractivity contribution in [1.82, 2.24) is 4.90 Å². The molecule has 194 valence electrons. The summed E-state index contributed by atoms with van der Waals surface area (Å²) in [4.78, 5) is 39.9. The third-order valence-electron chi connectivity index (χ3n) is 7.41. The van der Waals surface area contributed by atoms with Gasteiger partial charge >= 0.3 is 5.97 Å². The Morgan fingerprint density at radius 3 is 2.59 bits per heavy atom. The molecule has 1 N–H and O–H groups in total. The lowest BCUT2D eigenvalue weighted by Crippen LogP contribution is -2.62. The third-order valence-corrected chi connectivity index (χ3v) is 7.41. The zero-order valence-electron chi connectivity index (χ0n) is 21.7. The molecule has 0 aromatic rings. The minimum absolute atomic E-state index is 0.266. The summed E-state index contributed by atoms with van der Waals surface area (Å²) in [6.07, 6.45) is 7.09. The molecule has 0 aromatic heterocycles. The molecule has 2 rings (SSSR count). The highest BCUT2D eigenvalue weighted by Gasteiger charge is 2.54. The van der Waals surface area contributed by atoms with Gasteiger partial charge in [0.2, 0.25) is 5.79 Å². The first kappa shape index (κ1) is 28.5. The van der Waals surface area contributed by atoms with Crippen molar-refractivity contribution in [3.8, 4) is 0 Å². The number of amides is 1. The highest BCUT2D eigenvalue weighted by molar-refractivity contribution is 6.39. The topological polar surface area (TPSA) is 102 Å². The Balaban J connectivity index is 2.11. The number of carbonyl (C=O) groups excluding carboxylic acids is 3. The molecule has 0 unspecified atom stereocenters. The molecular weight excluding hydrogens is 438 g/mol. The summed E-state index contributed by atoms with van der Waals surface area (Å²) in [6.45, 7) is 8.32. The average Bonchev–Trinajstić information content (AvgIpc) is 2.84. The van der Waals surface area contributed by atoms with E-state index in [0.717, 1.165) is 25.7 Å². The number of hydrogen-bond donors (Lipinski definition) is 1. The number of ether oxygens (including phenoxy) is 3. The van der Waals surface area contributed by atoms with Gasteiger partial charge in [-0.2, -0.15) is 0 Å². The van der Waals surface area contributed by atoms with Crippen molar-refractivity contribution >= 4 is 17.7 Å². The van der Waals surface area contributed by atoms with Crippen LogP contribution in [0.4, 0.5) is 0 Å². The molecule has 1 amide bonds. The largest absolute Gasteiger partial charge is 0.467 e. The summed E-state index contributed by atoms with van der Waals surface area (Å²) in [5.41, 5.74) is 1.35. The number of ketones is 1. The van der Waals surface area contributed by atoms with E-state index in [4.69, 9.17) is 14.2 Å². The number of rotatable bonds is 10. The van der Waals surface area contributed by atoms with Crippen LogP contribution in [0.2, 0.25) is 0 Å². The number of esters is 1. The molecule has 2 heterocycles. The second-order valence-corrected chi connectivity index (χ2v) is 10.0. The normalized spacial score (nSPS) is 31.1. The number of allylic oxidation sites excluding steroid dienone is 2. The van der Waals surface area contributed by atoms with Gasteiger partial charge in [0.05, 0.1) is 19.3 Å². The number of likely N-dealkylation sites (tertiary alicyclic amines) is 1. The van der Waals surface area contributed by atoms with Crippen LogP contribution in [0.1, 0.15) is 79.1 Å². The van der Waals surface area contributed by atoms with Crippen LogP contribution in [0.25, 0.3) is 0 Å². The van der Waals surface area contributed by atoms with Crippen molar-refractivity contribution < 1.29 is 33.7 Å². The minimum atomic E-state index is -2.25. The molecule has 6 atom stereocenters. The summed E-state index contributed by atoms with van der Waals surface area (Å²) < 4.78 is 16.4. The summed E-state index contributed by atoms with van der Waals surface area (Å²) in [5, 5.41) is 11.3. The maximum Gasteiger partial charge on any atom is 0.328 e. The number of methoxy groups -OCH3 is 2. The van der Waals surface area contributed by atoms with E-state index in [1.807, 2.05) is 6.92 Å². The zero-order chi connectivity index (χ0) is 25.5. The minimum Gasteiger partial charge on any atom is -0.467 e. The predicted molar refractivity (Wildman–Crippen MR) is 128 cm³/mol. The molecule has 2 aliphatic rings. The molecule has 34 heavy (non-hydrogen) atoms. The van der Waals surface area contributed by atoms with E-state index >= 15 is 0 Å². The van der Waals surface area contributed by atoms with Gasteiger partial charge in [-0.05, 0) is 58.3 Å². The third kappa shape index (κ3) is 6.67. The predicted octanol–water partition coefficient (Wildman–Crippen LogP) is 3.40. The highest BCUT2D eigenvalue weighted by Crippen LogP contribution is 2.37. The van der Waals surface area contributed by atoms with E-state index in [-0.39, 0.29) is 12.6 Å². The second-order valence-electron chi connectivity index (χ2n) is 10.0.